The van der Waals surface area contributed by atoms with Gasteiger partial charge in [-0.05, 0) is 42.9 Å². The van der Waals surface area contributed by atoms with Gasteiger partial charge < -0.3 is 4.74 Å². The molecule has 2 heteroatoms. The van der Waals surface area contributed by atoms with Gasteiger partial charge in [0.15, 0.2) is 0 Å². The summed E-state index contributed by atoms with van der Waals surface area (Å²) in [4.78, 5) is 10.6. The van der Waals surface area contributed by atoms with Crippen LogP contribution in [0.2, 0.25) is 0 Å². The Labute approximate surface area is 93.4 Å². The number of ether oxygens (including phenoxy) is 1. The van der Waals surface area contributed by atoms with Crippen LogP contribution in [-0.4, -0.2) is 12.6 Å². The van der Waals surface area contributed by atoms with Crippen molar-refractivity contribution in [3.63, 3.8) is 0 Å². The lowest BCUT2D eigenvalue weighted by molar-refractivity contribution is -0.141. The quantitative estimate of drug-likeness (QED) is 0.514. The highest BCUT2D eigenvalue weighted by molar-refractivity contribution is 5.65. The van der Waals surface area contributed by atoms with E-state index in [1.54, 1.807) is 0 Å². The second kappa shape index (κ2) is 4.54. The number of hydrogen-bond acceptors (Lipinski definition) is 2. The van der Waals surface area contributed by atoms with Gasteiger partial charge in [-0.2, -0.15) is 0 Å². The van der Waals surface area contributed by atoms with Gasteiger partial charge in [0, 0.05) is 6.92 Å². The van der Waals surface area contributed by atoms with Gasteiger partial charge in [0.05, 0.1) is 6.61 Å². The SMILES string of the molecule is CC(=O)OCCCCC1(C(C)(C)C)CC1. The molecule has 0 aromatic heterocycles. The summed E-state index contributed by atoms with van der Waals surface area (Å²) in [7, 11) is 0. The Morgan fingerprint density at radius 2 is 1.87 bits per heavy atom. The van der Waals surface area contributed by atoms with Crippen molar-refractivity contribution < 1.29 is 9.53 Å². The molecule has 1 aliphatic rings. The van der Waals surface area contributed by atoms with Crippen LogP contribution in [0.25, 0.3) is 0 Å². The molecule has 0 N–H and O–H groups in total. The van der Waals surface area contributed by atoms with E-state index >= 15 is 0 Å². The lowest BCUT2D eigenvalue weighted by Crippen LogP contribution is -2.21. The first-order valence-corrected chi connectivity index (χ1v) is 6.01. The number of esters is 1. The molecule has 0 radical (unpaired) electrons. The minimum Gasteiger partial charge on any atom is -0.466 e. The Morgan fingerprint density at radius 3 is 2.27 bits per heavy atom. The molecule has 1 saturated carbocycles. The standard InChI is InChI=1S/C13H24O2/c1-11(14)15-10-6-5-7-13(8-9-13)12(2,3)4/h5-10H2,1-4H3. The molecule has 1 rings (SSSR count). The van der Waals surface area contributed by atoms with Crippen LogP contribution < -0.4 is 0 Å². The van der Waals surface area contributed by atoms with E-state index in [1.165, 1.54) is 32.6 Å². The van der Waals surface area contributed by atoms with E-state index in [1.807, 2.05) is 0 Å². The van der Waals surface area contributed by atoms with E-state index in [4.69, 9.17) is 4.74 Å². The maximum absolute atomic E-state index is 10.6. The van der Waals surface area contributed by atoms with Gasteiger partial charge in [-0.15, -0.1) is 0 Å². The van der Waals surface area contributed by atoms with Crippen LogP contribution in [0.4, 0.5) is 0 Å². The molecule has 88 valence electrons. The van der Waals surface area contributed by atoms with Crippen LogP contribution in [-0.2, 0) is 9.53 Å². The summed E-state index contributed by atoms with van der Waals surface area (Å²) in [6.07, 6.45) is 6.24. The van der Waals surface area contributed by atoms with Crippen LogP contribution in [0.1, 0.15) is 59.8 Å². The summed E-state index contributed by atoms with van der Waals surface area (Å²) in [5.41, 5.74) is 1.03. The fourth-order valence-corrected chi connectivity index (χ4v) is 2.31. The van der Waals surface area contributed by atoms with Crippen LogP contribution >= 0.6 is 0 Å². The number of carbonyl (C=O) groups is 1. The lowest BCUT2D eigenvalue weighted by Gasteiger charge is -2.31. The summed E-state index contributed by atoms with van der Waals surface area (Å²) < 4.78 is 4.92. The third-order valence-corrected chi connectivity index (χ3v) is 3.80. The fraction of sp³-hybridized carbons (Fsp3) is 0.923. The first-order valence-electron chi connectivity index (χ1n) is 6.01. The molecule has 0 atom stereocenters. The van der Waals surface area contributed by atoms with Crippen LogP contribution in [0.5, 0.6) is 0 Å². The van der Waals surface area contributed by atoms with E-state index in [2.05, 4.69) is 20.8 Å². The van der Waals surface area contributed by atoms with E-state index in [0.717, 1.165) is 6.42 Å². The number of rotatable bonds is 5. The molecule has 0 saturated heterocycles. The van der Waals surface area contributed by atoms with Gasteiger partial charge in [-0.25, -0.2) is 0 Å². The maximum Gasteiger partial charge on any atom is 0.302 e. The summed E-state index contributed by atoms with van der Waals surface area (Å²) in [5.74, 6) is -0.160. The minimum atomic E-state index is -0.160. The molecule has 15 heavy (non-hydrogen) atoms. The van der Waals surface area contributed by atoms with Crippen molar-refractivity contribution in [2.45, 2.75) is 59.8 Å². The highest BCUT2D eigenvalue weighted by Gasteiger charge is 2.50. The molecule has 2 nitrogen and oxygen atoms in total. The molecule has 1 aliphatic carbocycles. The van der Waals surface area contributed by atoms with Crippen molar-refractivity contribution >= 4 is 5.97 Å². The van der Waals surface area contributed by atoms with E-state index in [-0.39, 0.29) is 5.97 Å². The van der Waals surface area contributed by atoms with Crippen molar-refractivity contribution in [3.8, 4) is 0 Å². The van der Waals surface area contributed by atoms with Gasteiger partial charge in [-0.3, -0.25) is 4.79 Å². The molecule has 0 aromatic carbocycles. The summed E-state index contributed by atoms with van der Waals surface area (Å²) >= 11 is 0. The Bertz CT molecular complexity index is 221. The zero-order valence-electron chi connectivity index (χ0n) is 10.6. The second-order valence-corrected chi connectivity index (χ2v) is 5.83. The molecule has 0 aromatic rings. The predicted molar refractivity (Wildman–Crippen MR) is 61.6 cm³/mol. The Hall–Kier alpha value is -0.530. The van der Waals surface area contributed by atoms with E-state index in [9.17, 15) is 4.79 Å². The number of hydrogen-bond donors (Lipinski definition) is 0. The molecule has 0 aliphatic heterocycles. The number of carbonyl (C=O) groups excluding carboxylic acids is 1. The molecular formula is C13H24O2. The van der Waals surface area contributed by atoms with E-state index in [0.29, 0.717) is 17.4 Å². The van der Waals surface area contributed by atoms with Crippen LogP contribution in [0.15, 0.2) is 0 Å². The fourth-order valence-electron chi connectivity index (χ4n) is 2.31. The predicted octanol–water partition coefficient (Wildman–Crippen LogP) is 3.55. The van der Waals surface area contributed by atoms with Crippen molar-refractivity contribution in [1.29, 1.82) is 0 Å². The smallest absolute Gasteiger partial charge is 0.302 e. The van der Waals surface area contributed by atoms with Crippen LogP contribution in [0, 0.1) is 10.8 Å². The summed E-state index contributed by atoms with van der Waals surface area (Å²) in [6.45, 7) is 9.08. The van der Waals surface area contributed by atoms with Gasteiger partial charge in [0.1, 0.15) is 0 Å². The Balaban J connectivity index is 2.13. The van der Waals surface area contributed by atoms with Crippen molar-refractivity contribution in [2.75, 3.05) is 6.61 Å². The average Bonchev–Trinajstić information content (AvgIpc) is 2.82. The van der Waals surface area contributed by atoms with Crippen molar-refractivity contribution in [3.05, 3.63) is 0 Å². The molecular weight excluding hydrogens is 188 g/mol. The molecule has 0 heterocycles. The average molecular weight is 212 g/mol. The minimum absolute atomic E-state index is 0.160. The Kier molecular flexibility index (Phi) is 3.80. The molecule has 0 amide bonds. The Morgan fingerprint density at radius 1 is 1.27 bits per heavy atom. The molecule has 0 bridgehead atoms. The molecule has 0 unspecified atom stereocenters. The summed E-state index contributed by atoms with van der Waals surface area (Å²) in [5, 5.41) is 0. The zero-order valence-corrected chi connectivity index (χ0v) is 10.6. The molecule has 1 fully saturated rings. The van der Waals surface area contributed by atoms with Crippen LogP contribution in [0.3, 0.4) is 0 Å². The highest BCUT2D eigenvalue weighted by Crippen LogP contribution is 2.61. The third-order valence-electron chi connectivity index (χ3n) is 3.80. The summed E-state index contributed by atoms with van der Waals surface area (Å²) in [6, 6.07) is 0. The van der Waals surface area contributed by atoms with E-state index < -0.39 is 0 Å². The zero-order chi connectivity index (χ0) is 11.5. The largest absolute Gasteiger partial charge is 0.466 e. The maximum atomic E-state index is 10.6. The topological polar surface area (TPSA) is 26.3 Å². The van der Waals surface area contributed by atoms with Gasteiger partial charge in [0.2, 0.25) is 0 Å². The van der Waals surface area contributed by atoms with Gasteiger partial charge >= 0.3 is 5.97 Å². The second-order valence-electron chi connectivity index (χ2n) is 5.83. The normalized spacial score (nSPS) is 18.7. The van der Waals surface area contributed by atoms with Crippen molar-refractivity contribution in [2.24, 2.45) is 10.8 Å². The monoisotopic (exact) mass is 212 g/mol. The first kappa shape index (κ1) is 12.5. The third kappa shape index (κ3) is 3.51. The lowest BCUT2D eigenvalue weighted by atomic mass is 9.75. The van der Waals surface area contributed by atoms with Gasteiger partial charge in [0.25, 0.3) is 0 Å². The number of unbranched alkanes of at least 4 members (excludes halogenated alkanes) is 1. The van der Waals surface area contributed by atoms with Crippen molar-refractivity contribution in [1.82, 2.24) is 0 Å². The highest BCUT2D eigenvalue weighted by atomic mass is 16.5. The van der Waals surface area contributed by atoms with Gasteiger partial charge in [-0.1, -0.05) is 20.8 Å². The first-order chi connectivity index (χ1) is 6.87. The molecule has 0 spiro atoms.